The maximum atomic E-state index is 4.37. The molecule has 4 nitrogen and oxygen atoms in total. The van der Waals surface area contributed by atoms with Crippen LogP contribution in [0.3, 0.4) is 0 Å². The third kappa shape index (κ3) is 3.00. The first-order valence-electron chi connectivity index (χ1n) is 5.91. The molecule has 0 fully saturated rings. The Bertz CT molecular complexity index is 620. The summed E-state index contributed by atoms with van der Waals surface area (Å²) in [4.78, 5) is 5.52. The number of rotatable bonds is 4. The number of hydrogen-bond acceptors (Lipinski definition) is 4. The van der Waals surface area contributed by atoms with Crippen LogP contribution >= 0.6 is 11.8 Å². The van der Waals surface area contributed by atoms with Crippen molar-refractivity contribution in [3.63, 3.8) is 0 Å². The Balaban J connectivity index is 1.67. The zero-order valence-corrected chi connectivity index (χ0v) is 11.0. The number of hydrogen-bond donors (Lipinski definition) is 0. The second-order valence-electron chi connectivity index (χ2n) is 3.97. The van der Waals surface area contributed by atoms with Crippen molar-refractivity contribution in [2.45, 2.75) is 10.6 Å². The molecule has 0 unspecified atom stereocenters. The first-order chi connectivity index (χ1) is 9.42. The van der Waals surface area contributed by atoms with Gasteiger partial charge in [0.1, 0.15) is 0 Å². The first-order valence-corrected chi connectivity index (χ1v) is 6.90. The predicted molar refractivity (Wildman–Crippen MR) is 75.2 cm³/mol. The highest BCUT2D eigenvalue weighted by molar-refractivity contribution is 7.98. The minimum atomic E-state index is 0.779. The molecule has 0 bridgehead atoms. The van der Waals surface area contributed by atoms with Gasteiger partial charge >= 0.3 is 0 Å². The van der Waals surface area contributed by atoms with Crippen LogP contribution in [0.25, 0.3) is 5.82 Å². The van der Waals surface area contributed by atoms with Gasteiger partial charge < -0.3 is 0 Å². The molecule has 19 heavy (non-hydrogen) atoms. The van der Waals surface area contributed by atoms with Crippen LogP contribution in [0, 0.1) is 0 Å². The monoisotopic (exact) mass is 268 g/mol. The predicted octanol–water partition coefficient (Wildman–Crippen LogP) is 2.95. The number of nitrogens with zero attached hydrogens (tertiary/aromatic N) is 4. The second kappa shape index (κ2) is 5.67. The Hall–Kier alpha value is -2.14. The normalized spacial score (nSPS) is 10.5. The molecule has 3 aromatic rings. The van der Waals surface area contributed by atoms with Crippen molar-refractivity contribution in [3.8, 4) is 5.82 Å². The summed E-state index contributed by atoms with van der Waals surface area (Å²) in [5, 5.41) is 7.67. The van der Waals surface area contributed by atoms with Gasteiger partial charge in [0.2, 0.25) is 0 Å². The van der Waals surface area contributed by atoms with Gasteiger partial charge in [0.15, 0.2) is 5.82 Å². The maximum Gasteiger partial charge on any atom is 0.155 e. The first kappa shape index (κ1) is 11.9. The fourth-order valence-electron chi connectivity index (χ4n) is 1.66. The van der Waals surface area contributed by atoms with E-state index in [9.17, 15) is 0 Å². The van der Waals surface area contributed by atoms with E-state index in [1.807, 2.05) is 18.3 Å². The van der Waals surface area contributed by atoms with Crippen molar-refractivity contribution in [2.24, 2.45) is 0 Å². The van der Waals surface area contributed by atoms with E-state index in [0.717, 1.165) is 16.5 Å². The Morgan fingerprint density at radius 2 is 1.95 bits per heavy atom. The molecule has 0 atom stereocenters. The highest BCUT2D eigenvalue weighted by Gasteiger charge is 2.00. The van der Waals surface area contributed by atoms with Gasteiger partial charge in [0.25, 0.3) is 0 Å². The zero-order chi connectivity index (χ0) is 12.9. The second-order valence-corrected chi connectivity index (χ2v) is 5.02. The van der Waals surface area contributed by atoms with Crippen LogP contribution < -0.4 is 0 Å². The Labute approximate surface area is 115 Å². The van der Waals surface area contributed by atoms with Crippen molar-refractivity contribution in [1.29, 1.82) is 0 Å². The third-order valence-corrected chi connectivity index (χ3v) is 3.68. The molecule has 0 saturated carbocycles. The molecular weight excluding hydrogens is 256 g/mol. The van der Waals surface area contributed by atoms with E-state index in [2.05, 4.69) is 45.6 Å². The summed E-state index contributed by atoms with van der Waals surface area (Å²) >= 11 is 1.77. The van der Waals surface area contributed by atoms with Gasteiger partial charge in [-0.15, -0.1) is 16.9 Å². The van der Waals surface area contributed by atoms with Gasteiger partial charge in [0, 0.05) is 16.8 Å². The SMILES string of the molecule is c1ccc(CSc2ccc(-n3ccnn3)nc2)cc1. The van der Waals surface area contributed by atoms with Crippen LogP contribution in [-0.4, -0.2) is 20.0 Å². The van der Waals surface area contributed by atoms with Crippen LogP contribution in [-0.2, 0) is 5.75 Å². The van der Waals surface area contributed by atoms with E-state index in [1.165, 1.54) is 5.56 Å². The summed E-state index contributed by atoms with van der Waals surface area (Å²) in [6.07, 6.45) is 5.28. The zero-order valence-electron chi connectivity index (χ0n) is 10.2. The fraction of sp³-hybridized carbons (Fsp3) is 0.0714. The average Bonchev–Trinajstić information content (AvgIpc) is 3.01. The van der Waals surface area contributed by atoms with Crippen molar-refractivity contribution in [1.82, 2.24) is 20.0 Å². The van der Waals surface area contributed by atoms with Gasteiger partial charge in [-0.05, 0) is 17.7 Å². The highest BCUT2D eigenvalue weighted by Crippen LogP contribution is 2.22. The molecule has 2 heterocycles. The molecule has 2 aromatic heterocycles. The molecule has 0 amide bonds. The molecule has 0 aliphatic rings. The summed E-state index contributed by atoms with van der Waals surface area (Å²) in [7, 11) is 0. The quantitative estimate of drug-likeness (QED) is 0.682. The molecule has 0 N–H and O–H groups in total. The molecule has 94 valence electrons. The highest BCUT2D eigenvalue weighted by atomic mass is 32.2. The summed E-state index contributed by atoms with van der Waals surface area (Å²) in [6.45, 7) is 0. The standard InChI is InChI=1S/C14H12N4S/c1-2-4-12(5-3-1)11-19-13-6-7-14(15-10-13)18-9-8-16-17-18/h1-10H,11H2. The summed E-state index contributed by atoms with van der Waals surface area (Å²) in [5.41, 5.74) is 1.31. The number of pyridine rings is 1. The van der Waals surface area contributed by atoms with Gasteiger partial charge in [0.05, 0.1) is 12.4 Å². The van der Waals surface area contributed by atoms with Crippen molar-refractivity contribution in [2.75, 3.05) is 0 Å². The van der Waals surface area contributed by atoms with E-state index in [-0.39, 0.29) is 0 Å². The van der Waals surface area contributed by atoms with E-state index >= 15 is 0 Å². The molecule has 5 heteroatoms. The Morgan fingerprint density at radius 3 is 2.63 bits per heavy atom. The molecule has 0 aliphatic carbocycles. The van der Waals surface area contributed by atoms with Gasteiger partial charge in [-0.3, -0.25) is 0 Å². The van der Waals surface area contributed by atoms with Gasteiger partial charge in [-0.2, -0.15) is 0 Å². The van der Waals surface area contributed by atoms with E-state index < -0.39 is 0 Å². The molecule has 3 rings (SSSR count). The third-order valence-electron chi connectivity index (χ3n) is 2.63. The van der Waals surface area contributed by atoms with E-state index in [0.29, 0.717) is 0 Å². The van der Waals surface area contributed by atoms with E-state index in [4.69, 9.17) is 0 Å². The lowest BCUT2D eigenvalue weighted by molar-refractivity contribution is 0.779. The van der Waals surface area contributed by atoms with Crippen molar-refractivity contribution < 1.29 is 0 Å². The van der Waals surface area contributed by atoms with Crippen LogP contribution in [0.15, 0.2) is 66.0 Å². The largest absolute Gasteiger partial charge is 0.236 e. The lowest BCUT2D eigenvalue weighted by Crippen LogP contribution is -1.97. The molecule has 0 spiro atoms. The summed E-state index contributed by atoms with van der Waals surface area (Å²) < 4.78 is 1.64. The summed E-state index contributed by atoms with van der Waals surface area (Å²) in [5.74, 6) is 1.73. The van der Waals surface area contributed by atoms with Crippen LogP contribution in [0.5, 0.6) is 0 Å². The van der Waals surface area contributed by atoms with Gasteiger partial charge in [-0.1, -0.05) is 35.5 Å². The van der Waals surface area contributed by atoms with Crippen molar-refractivity contribution in [3.05, 3.63) is 66.6 Å². The molecule has 0 radical (unpaired) electrons. The van der Waals surface area contributed by atoms with Crippen LogP contribution in [0.1, 0.15) is 5.56 Å². The lowest BCUT2D eigenvalue weighted by atomic mass is 10.2. The maximum absolute atomic E-state index is 4.37. The Morgan fingerprint density at radius 1 is 1.05 bits per heavy atom. The minimum absolute atomic E-state index is 0.779. The number of benzene rings is 1. The van der Waals surface area contributed by atoms with E-state index in [1.54, 1.807) is 28.8 Å². The molecule has 0 saturated heterocycles. The fourth-order valence-corrected chi connectivity index (χ4v) is 2.48. The summed E-state index contributed by atoms with van der Waals surface area (Å²) in [6, 6.07) is 14.4. The smallest absolute Gasteiger partial charge is 0.155 e. The lowest BCUT2D eigenvalue weighted by Gasteiger charge is -2.03. The number of aromatic nitrogens is 4. The van der Waals surface area contributed by atoms with Gasteiger partial charge in [-0.25, -0.2) is 9.67 Å². The molecular formula is C14H12N4S. The number of thioether (sulfide) groups is 1. The minimum Gasteiger partial charge on any atom is -0.236 e. The van der Waals surface area contributed by atoms with Crippen molar-refractivity contribution >= 4 is 11.8 Å². The molecule has 1 aromatic carbocycles. The van der Waals surface area contributed by atoms with Crippen LogP contribution in [0.2, 0.25) is 0 Å². The average molecular weight is 268 g/mol. The Kier molecular flexibility index (Phi) is 3.56. The van der Waals surface area contributed by atoms with Crippen LogP contribution in [0.4, 0.5) is 0 Å². The topological polar surface area (TPSA) is 43.6 Å². The molecule has 0 aliphatic heterocycles.